The van der Waals surface area contributed by atoms with E-state index in [0.29, 0.717) is 6.54 Å². The normalized spacial score (nSPS) is 11.2. The Labute approximate surface area is 178 Å². The predicted molar refractivity (Wildman–Crippen MR) is 124 cm³/mol. The van der Waals surface area contributed by atoms with Crippen LogP contribution in [0, 0.1) is 0 Å². The Hall–Kier alpha value is -2.07. The lowest BCUT2D eigenvalue weighted by atomic mass is 9.94. The number of hydrogen-bond donors (Lipinski definition) is 2. The number of hydrogen-bond acceptors (Lipinski definition) is 1. The zero-order chi connectivity index (χ0) is 19.5. The maximum atomic E-state index is 6.38. The monoisotopic (exact) mass is 452 g/mol. The van der Waals surface area contributed by atoms with Gasteiger partial charge in [0.1, 0.15) is 0 Å². The van der Waals surface area contributed by atoms with Crippen LogP contribution in [0.2, 0.25) is 5.02 Å². The minimum absolute atomic E-state index is 0.711. The van der Waals surface area contributed by atoms with Crippen LogP contribution in [-0.2, 0) is 6.42 Å². The van der Waals surface area contributed by atoms with Crippen LogP contribution < -0.4 is 5.73 Å². The van der Waals surface area contributed by atoms with Gasteiger partial charge >= 0.3 is 0 Å². The number of aromatic nitrogens is 1. The zero-order valence-electron chi connectivity index (χ0n) is 15.5. The molecule has 0 aliphatic carbocycles. The number of aryl methyl sites for hydroxylation is 1. The van der Waals surface area contributed by atoms with Gasteiger partial charge in [-0.3, -0.25) is 0 Å². The minimum atomic E-state index is 0.711. The van der Waals surface area contributed by atoms with Gasteiger partial charge in [0.05, 0.1) is 11.2 Å². The topological polar surface area (TPSA) is 41.8 Å². The molecule has 0 aliphatic heterocycles. The molecule has 2 nitrogen and oxygen atoms in total. The molecule has 0 atom stereocenters. The van der Waals surface area contributed by atoms with Crippen molar-refractivity contribution in [1.29, 1.82) is 0 Å². The quantitative estimate of drug-likeness (QED) is 0.298. The molecule has 0 amide bonds. The van der Waals surface area contributed by atoms with Crippen LogP contribution in [0.1, 0.15) is 18.4 Å². The number of nitrogens with two attached hydrogens (primary N) is 1. The van der Waals surface area contributed by atoms with Crippen molar-refractivity contribution in [2.45, 2.75) is 19.3 Å². The van der Waals surface area contributed by atoms with Gasteiger partial charge in [0.15, 0.2) is 0 Å². The highest BCUT2D eigenvalue weighted by molar-refractivity contribution is 9.10. The highest BCUT2D eigenvalue weighted by Crippen LogP contribution is 2.40. The van der Waals surface area contributed by atoms with E-state index in [1.54, 1.807) is 0 Å². The highest BCUT2D eigenvalue weighted by Gasteiger charge is 2.18. The third kappa shape index (κ3) is 3.75. The van der Waals surface area contributed by atoms with Crippen molar-refractivity contribution >= 4 is 38.4 Å². The van der Waals surface area contributed by atoms with Crippen molar-refractivity contribution in [3.8, 4) is 22.4 Å². The summed E-state index contributed by atoms with van der Waals surface area (Å²) in [6.07, 6.45) is 3.02. The Bertz CT molecular complexity index is 1100. The van der Waals surface area contributed by atoms with E-state index in [9.17, 15) is 0 Å². The van der Waals surface area contributed by atoms with Gasteiger partial charge in [-0.2, -0.15) is 0 Å². The molecule has 4 heteroatoms. The maximum Gasteiger partial charge on any atom is 0.0607 e. The molecule has 0 spiro atoms. The lowest BCUT2D eigenvalue weighted by Crippen LogP contribution is -1.99. The van der Waals surface area contributed by atoms with Crippen LogP contribution in [-0.4, -0.2) is 11.5 Å². The summed E-state index contributed by atoms with van der Waals surface area (Å²) >= 11 is 10.1. The lowest BCUT2D eigenvalue weighted by molar-refractivity contribution is 0.748. The molecule has 4 aromatic rings. The second kappa shape index (κ2) is 8.52. The van der Waals surface area contributed by atoms with Crippen molar-refractivity contribution in [1.82, 2.24) is 4.98 Å². The SMILES string of the molecule is NCCCCc1c(-c2ccccc2-c2ccccc2)[nH]c2c(Br)cc(Cl)cc12. The number of fused-ring (bicyclic) bond motifs is 1. The largest absolute Gasteiger partial charge is 0.353 e. The van der Waals surface area contributed by atoms with Gasteiger partial charge in [0, 0.05) is 20.4 Å². The molecule has 0 bridgehead atoms. The van der Waals surface area contributed by atoms with Crippen molar-refractivity contribution in [2.75, 3.05) is 6.54 Å². The average Bonchev–Trinajstić information content (AvgIpc) is 3.07. The fraction of sp³-hybridized carbons (Fsp3) is 0.167. The second-order valence-electron chi connectivity index (χ2n) is 6.95. The van der Waals surface area contributed by atoms with Gasteiger partial charge in [-0.1, -0.05) is 66.2 Å². The van der Waals surface area contributed by atoms with Gasteiger partial charge < -0.3 is 10.7 Å². The standard InChI is InChI=1S/C24H22BrClN2/c25-22-15-17(26)14-21-20(12-6-7-13-27)23(28-24(21)22)19-11-5-4-10-18(19)16-8-2-1-3-9-16/h1-5,8-11,14-15,28H,6-7,12-13,27H2. The van der Waals surface area contributed by atoms with Crippen LogP contribution in [0.4, 0.5) is 0 Å². The van der Waals surface area contributed by atoms with Crippen molar-refractivity contribution in [3.05, 3.63) is 81.8 Å². The zero-order valence-corrected chi connectivity index (χ0v) is 17.9. The number of nitrogens with one attached hydrogen (secondary N) is 1. The molecule has 142 valence electrons. The molecule has 1 aromatic heterocycles. The Morgan fingerprint density at radius 1 is 0.893 bits per heavy atom. The van der Waals surface area contributed by atoms with E-state index in [1.165, 1.54) is 27.6 Å². The van der Waals surface area contributed by atoms with E-state index in [2.05, 4.69) is 75.5 Å². The third-order valence-corrected chi connectivity index (χ3v) is 5.94. The van der Waals surface area contributed by atoms with Crippen molar-refractivity contribution in [3.63, 3.8) is 0 Å². The maximum absolute atomic E-state index is 6.38. The van der Waals surface area contributed by atoms with Gasteiger partial charge in [-0.25, -0.2) is 0 Å². The van der Waals surface area contributed by atoms with Crippen LogP contribution in [0.5, 0.6) is 0 Å². The van der Waals surface area contributed by atoms with E-state index in [-0.39, 0.29) is 0 Å². The van der Waals surface area contributed by atoms with E-state index in [4.69, 9.17) is 17.3 Å². The number of rotatable bonds is 6. The number of benzene rings is 3. The predicted octanol–water partition coefficient (Wildman–Crippen LogP) is 7.20. The Morgan fingerprint density at radius 2 is 1.61 bits per heavy atom. The summed E-state index contributed by atoms with van der Waals surface area (Å²) in [5, 5.41) is 1.91. The van der Waals surface area contributed by atoms with E-state index in [1.807, 2.05) is 12.1 Å². The Kier molecular flexibility index (Phi) is 5.86. The van der Waals surface area contributed by atoms with Crippen LogP contribution in [0.15, 0.2) is 71.2 Å². The summed E-state index contributed by atoms with van der Waals surface area (Å²) in [5.41, 5.74) is 12.9. The van der Waals surface area contributed by atoms with Gasteiger partial charge in [-0.15, -0.1) is 0 Å². The Morgan fingerprint density at radius 3 is 2.36 bits per heavy atom. The molecule has 0 radical (unpaired) electrons. The summed E-state index contributed by atoms with van der Waals surface area (Å²) in [4.78, 5) is 3.68. The molecule has 3 N–H and O–H groups in total. The van der Waals surface area contributed by atoms with Crippen molar-refractivity contribution in [2.24, 2.45) is 5.73 Å². The van der Waals surface area contributed by atoms with Crippen molar-refractivity contribution < 1.29 is 0 Å². The minimum Gasteiger partial charge on any atom is -0.353 e. The lowest BCUT2D eigenvalue weighted by Gasteiger charge is -2.11. The van der Waals surface area contributed by atoms with Crippen LogP contribution in [0.25, 0.3) is 33.3 Å². The molecule has 0 aliphatic rings. The number of aromatic amines is 1. The van der Waals surface area contributed by atoms with Gasteiger partial charge in [-0.05, 0) is 70.6 Å². The molecule has 28 heavy (non-hydrogen) atoms. The third-order valence-electron chi connectivity index (χ3n) is 5.09. The molecule has 3 aromatic carbocycles. The molecule has 0 fully saturated rings. The fourth-order valence-electron chi connectivity index (χ4n) is 3.78. The van der Waals surface area contributed by atoms with E-state index >= 15 is 0 Å². The van der Waals surface area contributed by atoms with Crippen LogP contribution >= 0.6 is 27.5 Å². The van der Waals surface area contributed by atoms with Crippen LogP contribution in [0.3, 0.4) is 0 Å². The number of H-pyrrole nitrogens is 1. The first-order valence-corrected chi connectivity index (χ1v) is 10.7. The summed E-state index contributed by atoms with van der Waals surface area (Å²) in [6, 6.07) is 23.1. The first-order valence-electron chi connectivity index (χ1n) is 9.53. The Balaban J connectivity index is 1.94. The molecule has 0 saturated carbocycles. The summed E-state index contributed by atoms with van der Waals surface area (Å²) < 4.78 is 0.985. The van der Waals surface area contributed by atoms with Gasteiger partial charge in [0.25, 0.3) is 0 Å². The molecular weight excluding hydrogens is 432 g/mol. The fourth-order valence-corrected chi connectivity index (χ4v) is 4.69. The molecule has 4 rings (SSSR count). The first-order chi connectivity index (χ1) is 13.7. The average molecular weight is 454 g/mol. The second-order valence-corrected chi connectivity index (χ2v) is 8.24. The highest BCUT2D eigenvalue weighted by atomic mass is 79.9. The first kappa shape index (κ1) is 19.3. The van der Waals surface area contributed by atoms with E-state index in [0.717, 1.165) is 40.0 Å². The smallest absolute Gasteiger partial charge is 0.0607 e. The molecule has 1 heterocycles. The summed E-state index contributed by atoms with van der Waals surface area (Å²) in [7, 11) is 0. The summed E-state index contributed by atoms with van der Waals surface area (Å²) in [6.45, 7) is 0.711. The van der Waals surface area contributed by atoms with E-state index < -0.39 is 0 Å². The molecular formula is C24H22BrClN2. The molecule has 0 unspecified atom stereocenters. The summed E-state index contributed by atoms with van der Waals surface area (Å²) in [5.74, 6) is 0. The molecule has 0 saturated heterocycles. The number of unbranched alkanes of at least 4 members (excludes halogenated alkanes) is 1. The van der Waals surface area contributed by atoms with Gasteiger partial charge in [0.2, 0.25) is 0 Å². The number of halogens is 2.